The van der Waals surface area contributed by atoms with Crippen molar-refractivity contribution in [3.63, 3.8) is 0 Å². The molecule has 3 heteroatoms. The fourth-order valence-corrected chi connectivity index (χ4v) is 5.37. The molecule has 0 aromatic heterocycles. The van der Waals surface area contributed by atoms with Crippen LogP contribution in [-0.4, -0.2) is 22.8 Å². The Balaban J connectivity index is 2.26. The van der Waals surface area contributed by atoms with Crippen LogP contribution in [0.25, 0.3) is 0 Å². The first kappa shape index (κ1) is 18.3. The Morgan fingerprint density at radius 3 is 2.70 bits per heavy atom. The van der Waals surface area contributed by atoms with Crippen molar-refractivity contribution >= 4 is 5.97 Å². The van der Waals surface area contributed by atoms with E-state index in [2.05, 4.69) is 20.4 Å². The summed E-state index contributed by atoms with van der Waals surface area (Å²) in [5.41, 5.74) is 1.96. The smallest absolute Gasteiger partial charge is 0.309 e. The van der Waals surface area contributed by atoms with Gasteiger partial charge in [0.2, 0.25) is 0 Å². The Morgan fingerprint density at radius 2 is 2.09 bits per heavy atom. The second-order valence-electron chi connectivity index (χ2n) is 8.16. The number of aliphatic hydroxyl groups excluding tert-OH is 1. The lowest BCUT2D eigenvalue weighted by molar-refractivity contribution is -0.164. The van der Waals surface area contributed by atoms with Gasteiger partial charge in [-0.15, -0.1) is 0 Å². The summed E-state index contributed by atoms with van der Waals surface area (Å²) in [6.07, 6.45) is 8.65. The highest BCUT2D eigenvalue weighted by Gasteiger charge is 2.57. The molecule has 0 aromatic carbocycles. The van der Waals surface area contributed by atoms with E-state index in [-0.39, 0.29) is 17.9 Å². The Labute approximate surface area is 140 Å². The van der Waals surface area contributed by atoms with Gasteiger partial charge in [-0.25, -0.2) is 0 Å². The van der Waals surface area contributed by atoms with Gasteiger partial charge in [0, 0.05) is 0 Å². The van der Waals surface area contributed by atoms with Gasteiger partial charge in [0.05, 0.1) is 12.0 Å². The van der Waals surface area contributed by atoms with E-state index in [9.17, 15) is 9.90 Å². The molecule has 2 N–H and O–H groups in total. The molecule has 0 amide bonds. The summed E-state index contributed by atoms with van der Waals surface area (Å²) in [6.45, 7) is 10.7. The summed E-state index contributed by atoms with van der Waals surface area (Å²) in [4.78, 5) is 12.0. The largest absolute Gasteiger partial charge is 0.481 e. The maximum absolute atomic E-state index is 12.0. The summed E-state index contributed by atoms with van der Waals surface area (Å²) in [7, 11) is 0. The number of rotatable bonds is 5. The normalized spacial score (nSPS) is 38.3. The Hall–Kier alpha value is -1.09. The predicted molar refractivity (Wildman–Crippen MR) is 93.1 cm³/mol. The molecule has 2 rings (SSSR count). The van der Waals surface area contributed by atoms with Gasteiger partial charge >= 0.3 is 5.97 Å². The standard InChI is InChI=1S/C20H32O3/c1-14(10-13-21)6-8-16-15(2)7-9-17-19(16,3)11-5-12-20(17,4)18(22)23/h10,16-17,21H,2,5-9,11-13H2,1,3-4H3,(H,22,23)/b14-10-/t16-,17+,19+,20+/m1/s1. The minimum atomic E-state index is -0.629. The first-order valence-electron chi connectivity index (χ1n) is 8.93. The lowest BCUT2D eigenvalue weighted by Gasteiger charge is -2.57. The van der Waals surface area contributed by atoms with Crippen molar-refractivity contribution in [2.45, 2.75) is 65.7 Å². The average Bonchev–Trinajstić information content (AvgIpc) is 2.46. The van der Waals surface area contributed by atoms with Gasteiger partial charge in [-0.05, 0) is 69.6 Å². The highest BCUT2D eigenvalue weighted by atomic mass is 16.4. The molecule has 0 saturated heterocycles. The van der Waals surface area contributed by atoms with Crippen LogP contribution >= 0.6 is 0 Å². The zero-order chi connectivity index (χ0) is 17.3. The molecule has 0 unspecified atom stereocenters. The van der Waals surface area contributed by atoms with E-state index in [1.165, 1.54) is 11.1 Å². The number of carboxylic acids is 1. The third kappa shape index (κ3) is 3.26. The average molecular weight is 320 g/mol. The lowest BCUT2D eigenvalue weighted by Crippen LogP contribution is -2.53. The van der Waals surface area contributed by atoms with Gasteiger partial charge in [-0.3, -0.25) is 4.79 Å². The van der Waals surface area contributed by atoms with Crippen molar-refractivity contribution < 1.29 is 15.0 Å². The van der Waals surface area contributed by atoms with E-state index in [0.29, 0.717) is 5.92 Å². The Bertz CT molecular complexity index is 507. The second-order valence-corrected chi connectivity index (χ2v) is 8.16. The van der Waals surface area contributed by atoms with Crippen LogP contribution in [0.4, 0.5) is 0 Å². The molecule has 2 aliphatic carbocycles. The minimum Gasteiger partial charge on any atom is -0.481 e. The van der Waals surface area contributed by atoms with Crippen molar-refractivity contribution in [3.05, 3.63) is 23.8 Å². The number of hydrogen-bond donors (Lipinski definition) is 2. The first-order chi connectivity index (χ1) is 10.8. The van der Waals surface area contributed by atoms with Gasteiger partial charge in [0.15, 0.2) is 0 Å². The number of aliphatic hydroxyl groups is 1. The second kappa shape index (κ2) is 6.80. The number of carbonyl (C=O) groups is 1. The molecule has 3 nitrogen and oxygen atoms in total. The maximum atomic E-state index is 12.0. The van der Waals surface area contributed by atoms with Gasteiger partial charge < -0.3 is 10.2 Å². The summed E-state index contributed by atoms with van der Waals surface area (Å²) in [5.74, 6) is -0.00260. The van der Waals surface area contributed by atoms with Gasteiger partial charge in [0.25, 0.3) is 0 Å². The highest BCUT2D eigenvalue weighted by Crippen LogP contribution is 2.62. The molecule has 23 heavy (non-hydrogen) atoms. The van der Waals surface area contributed by atoms with Crippen LogP contribution in [0.1, 0.15) is 65.7 Å². The van der Waals surface area contributed by atoms with E-state index in [1.54, 1.807) is 0 Å². The SMILES string of the molecule is C=C1CC[C@H]2[C@@](C)(CCC[C@]2(C)C(=O)O)[C@@H]1CC/C(C)=C\CO. The van der Waals surface area contributed by atoms with Gasteiger partial charge in [-0.1, -0.05) is 37.1 Å². The topological polar surface area (TPSA) is 57.5 Å². The quantitative estimate of drug-likeness (QED) is 0.730. The zero-order valence-electron chi connectivity index (χ0n) is 14.9. The van der Waals surface area contributed by atoms with Gasteiger partial charge in [-0.2, -0.15) is 0 Å². The number of aliphatic carboxylic acids is 1. The monoisotopic (exact) mass is 320 g/mol. The summed E-state index contributed by atoms with van der Waals surface area (Å²) >= 11 is 0. The van der Waals surface area contributed by atoms with E-state index in [4.69, 9.17) is 5.11 Å². The molecule has 2 fully saturated rings. The molecule has 130 valence electrons. The van der Waals surface area contributed by atoms with E-state index in [0.717, 1.165) is 44.9 Å². The molecule has 0 aliphatic heterocycles. The first-order valence-corrected chi connectivity index (χ1v) is 8.93. The molecule has 0 heterocycles. The van der Waals surface area contributed by atoms with Gasteiger partial charge in [0.1, 0.15) is 0 Å². The van der Waals surface area contributed by atoms with Crippen molar-refractivity contribution in [2.75, 3.05) is 6.61 Å². The van der Waals surface area contributed by atoms with Crippen LogP contribution < -0.4 is 0 Å². The molecule has 0 spiro atoms. The van der Waals surface area contributed by atoms with Crippen LogP contribution in [0.15, 0.2) is 23.8 Å². The van der Waals surface area contributed by atoms with Crippen molar-refractivity contribution in [3.8, 4) is 0 Å². The van der Waals surface area contributed by atoms with Crippen molar-refractivity contribution in [2.24, 2.45) is 22.7 Å². The third-order valence-electron chi connectivity index (χ3n) is 6.78. The number of carboxylic acid groups (broad SMARTS) is 1. The molecule has 2 saturated carbocycles. The van der Waals surface area contributed by atoms with Crippen molar-refractivity contribution in [1.29, 1.82) is 0 Å². The number of fused-ring (bicyclic) bond motifs is 1. The molecule has 0 aromatic rings. The summed E-state index contributed by atoms with van der Waals surface area (Å²) < 4.78 is 0. The Kier molecular flexibility index (Phi) is 5.40. The third-order valence-corrected chi connectivity index (χ3v) is 6.78. The predicted octanol–water partition coefficient (Wildman–Crippen LogP) is 4.57. The molecule has 4 atom stereocenters. The summed E-state index contributed by atoms with van der Waals surface area (Å²) in [6, 6.07) is 0. The maximum Gasteiger partial charge on any atom is 0.309 e. The molecule has 0 radical (unpaired) electrons. The molecular formula is C20H32O3. The van der Waals surface area contributed by atoms with E-state index >= 15 is 0 Å². The summed E-state index contributed by atoms with van der Waals surface area (Å²) in [5, 5.41) is 18.9. The van der Waals surface area contributed by atoms with E-state index in [1.807, 2.05) is 13.0 Å². The Morgan fingerprint density at radius 1 is 1.39 bits per heavy atom. The number of hydrogen-bond acceptors (Lipinski definition) is 2. The molecule has 0 bridgehead atoms. The van der Waals surface area contributed by atoms with E-state index < -0.39 is 11.4 Å². The fraction of sp³-hybridized carbons (Fsp3) is 0.750. The van der Waals surface area contributed by atoms with Crippen LogP contribution in [0.2, 0.25) is 0 Å². The van der Waals surface area contributed by atoms with Crippen LogP contribution in [0.3, 0.4) is 0 Å². The van der Waals surface area contributed by atoms with Crippen LogP contribution in [0.5, 0.6) is 0 Å². The van der Waals surface area contributed by atoms with Crippen molar-refractivity contribution in [1.82, 2.24) is 0 Å². The van der Waals surface area contributed by atoms with Crippen LogP contribution in [-0.2, 0) is 4.79 Å². The lowest BCUT2D eigenvalue weighted by atomic mass is 9.46. The minimum absolute atomic E-state index is 0.0419. The zero-order valence-corrected chi connectivity index (χ0v) is 14.9. The molecular weight excluding hydrogens is 288 g/mol. The highest BCUT2D eigenvalue weighted by molar-refractivity contribution is 5.75. The molecule has 2 aliphatic rings. The van der Waals surface area contributed by atoms with Crippen LogP contribution in [0, 0.1) is 22.7 Å². The number of allylic oxidation sites excluding steroid dienone is 2. The fourth-order valence-electron chi connectivity index (χ4n) is 5.37.